The molecule has 3 aliphatic carbocycles. The Balaban J connectivity index is 1.48. The molecule has 16 heavy (non-hydrogen) atoms. The largest absolute Gasteiger partial charge is 0.353 e. The normalized spacial score (nSPS) is 42.8. The molecule has 0 aromatic carbocycles. The molecule has 0 radical (unpaired) electrons. The Morgan fingerprint density at radius 3 is 2.44 bits per heavy atom. The third-order valence-electron chi connectivity index (χ3n) is 4.80. The maximum atomic E-state index is 11.9. The summed E-state index contributed by atoms with van der Waals surface area (Å²) in [6, 6.07) is 0.500. The van der Waals surface area contributed by atoms with Crippen molar-refractivity contribution in [2.24, 2.45) is 23.7 Å². The SMILES string of the molecule is CC1CC1C(=O)NC1CCCC(C2CC2)C1. The lowest BCUT2D eigenvalue weighted by Gasteiger charge is -2.29. The summed E-state index contributed by atoms with van der Waals surface area (Å²) < 4.78 is 0. The van der Waals surface area contributed by atoms with Gasteiger partial charge in [-0.1, -0.05) is 19.8 Å². The highest BCUT2D eigenvalue weighted by Gasteiger charge is 2.41. The van der Waals surface area contributed by atoms with Gasteiger partial charge in [0.05, 0.1) is 0 Å². The summed E-state index contributed by atoms with van der Waals surface area (Å²) in [5, 5.41) is 3.28. The van der Waals surface area contributed by atoms with Gasteiger partial charge in [0.25, 0.3) is 0 Å². The lowest BCUT2D eigenvalue weighted by atomic mass is 9.82. The van der Waals surface area contributed by atoms with Crippen LogP contribution >= 0.6 is 0 Å². The number of amides is 1. The van der Waals surface area contributed by atoms with Crippen LogP contribution in [-0.2, 0) is 4.79 Å². The molecular weight excluding hydrogens is 198 g/mol. The van der Waals surface area contributed by atoms with E-state index in [0.717, 1.165) is 18.3 Å². The maximum Gasteiger partial charge on any atom is 0.223 e. The average Bonchev–Trinajstić information content (AvgIpc) is 3.12. The lowest BCUT2D eigenvalue weighted by molar-refractivity contribution is -0.123. The molecule has 2 heteroatoms. The van der Waals surface area contributed by atoms with Crippen molar-refractivity contribution >= 4 is 5.91 Å². The molecule has 0 heterocycles. The van der Waals surface area contributed by atoms with E-state index >= 15 is 0 Å². The van der Waals surface area contributed by atoms with E-state index in [1.54, 1.807) is 0 Å². The predicted molar refractivity (Wildman–Crippen MR) is 63.9 cm³/mol. The first kappa shape index (κ1) is 10.6. The fourth-order valence-corrected chi connectivity index (χ4v) is 3.35. The van der Waals surface area contributed by atoms with Crippen LogP contribution in [0.4, 0.5) is 0 Å². The zero-order valence-electron chi connectivity index (χ0n) is 10.2. The summed E-state index contributed by atoms with van der Waals surface area (Å²) in [4.78, 5) is 11.9. The van der Waals surface area contributed by atoms with E-state index in [1.165, 1.54) is 38.5 Å². The van der Waals surface area contributed by atoms with Gasteiger partial charge in [0.15, 0.2) is 0 Å². The molecule has 0 saturated heterocycles. The fourth-order valence-electron chi connectivity index (χ4n) is 3.35. The van der Waals surface area contributed by atoms with Crippen LogP contribution in [0.3, 0.4) is 0 Å². The molecule has 0 aromatic rings. The Labute approximate surface area is 98.2 Å². The van der Waals surface area contributed by atoms with E-state index in [0.29, 0.717) is 23.8 Å². The minimum absolute atomic E-state index is 0.342. The highest BCUT2D eigenvalue weighted by molar-refractivity contribution is 5.81. The third-order valence-corrected chi connectivity index (χ3v) is 4.80. The van der Waals surface area contributed by atoms with Crippen molar-refractivity contribution in [2.45, 2.75) is 57.9 Å². The molecule has 0 aliphatic heterocycles. The molecular formula is C14H23NO. The number of rotatable bonds is 3. The Morgan fingerprint density at radius 2 is 1.81 bits per heavy atom. The second-order valence-electron chi connectivity index (χ2n) is 6.29. The summed E-state index contributed by atoms with van der Waals surface area (Å²) >= 11 is 0. The molecule has 3 fully saturated rings. The summed E-state index contributed by atoms with van der Waals surface area (Å²) in [6.45, 7) is 2.18. The first-order chi connectivity index (χ1) is 7.74. The minimum atomic E-state index is 0.342. The van der Waals surface area contributed by atoms with E-state index in [1.807, 2.05) is 0 Å². The first-order valence-corrected chi connectivity index (χ1v) is 7.04. The van der Waals surface area contributed by atoms with E-state index in [-0.39, 0.29) is 0 Å². The van der Waals surface area contributed by atoms with Crippen LogP contribution in [0.2, 0.25) is 0 Å². The molecule has 2 nitrogen and oxygen atoms in total. The van der Waals surface area contributed by atoms with Gasteiger partial charge in [-0.15, -0.1) is 0 Å². The van der Waals surface area contributed by atoms with Gasteiger partial charge in [0.2, 0.25) is 5.91 Å². The molecule has 1 amide bonds. The van der Waals surface area contributed by atoms with Gasteiger partial charge >= 0.3 is 0 Å². The molecule has 4 atom stereocenters. The molecule has 0 bridgehead atoms. The standard InChI is InChI=1S/C14H23NO/c1-9-7-13(9)14(16)15-12-4-2-3-11(8-12)10-5-6-10/h9-13H,2-8H2,1H3,(H,15,16). The van der Waals surface area contributed by atoms with Crippen LogP contribution in [-0.4, -0.2) is 11.9 Å². The number of nitrogens with one attached hydrogen (secondary N) is 1. The monoisotopic (exact) mass is 221 g/mol. The van der Waals surface area contributed by atoms with Gasteiger partial charge in [-0.05, 0) is 49.9 Å². The maximum absolute atomic E-state index is 11.9. The lowest BCUT2D eigenvalue weighted by Crippen LogP contribution is -2.39. The van der Waals surface area contributed by atoms with Gasteiger partial charge in [0.1, 0.15) is 0 Å². The third kappa shape index (κ3) is 2.26. The molecule has 3 rings (SSSR count). The highest BCUT2D eigenvalue weighted by atomic mass is 16.2. The summed E-state index contributed by atoms with van der Waals surface area (Å²) in [7, 11) is 0. The summed E-state index contributed by atoms with van der Waals surface area (Å²) in [5.41, 5.74) is 0. The Kier molecular flexibility index (Phi) is 2.68. The molecule has 1 N–H and O–H groups in total. The van der Waals surface area contributed by atoms with Gasteiger partial charge < -0.3 is 5.32 Å². The van der Waals surface area contributed by atoms with Gasteiger partial charge in [-0.2, -0.15) is 0 Å². The van der Waals surface area contributed by atoms with E-state index in [4.69, 9.17) is 0 Å². The predicted octanol–water partition coefficient (Wildman–Crippen LogP) is 2.73. The Morgan fingerprint density at radius 1 is 1.06 bits per heavy atom. The van der Waals surface area contributed by atoms with Crippen molar-refractivity contribution in [3.05, 3.63) is 0 Å². The number of carbonyl (C=O) groups is 1. The highest BCUT2D eigenvalue weighted by Crippen LogP contribution is 2.44. The second-order valence-corrected chi connectivity index (χ2v) is 6.29. The number of carbonyl (C=O) groups excluding carboxylic acids is 1. The zero-order valence-corrected chi connectivity index (χ0v) is 10.2. The van der Waals surface area contributed by atoms with Crippen molar-refractivity contribution in [1.29, 1.82) is 0 Å². The summed E-state index contributed by atoms with van der Waals surface area (Å²) in [5.74, 6) is 3.27. The van der Waals surface area contributed by atoms with Crippen LogP contribution in [0.1, 0.15) is 51.9 Å². The first-order valence-electron chi connectivity index (χ1n) is 7.04. The fraction of sp³-hybridized carbons (Fsp3) is 0.929. The molecule has 0 spiro atoms. The second kappa shape index (κ2) is 4.05. The van der Waals surface area contributed by atoms with Crippen molar-refractivity contribution in [1.82, 2.24) is 5.32 Å². The van der Waals surface area contributed by atoms with E-state index in [2.05, 4.69) is 12.2 Å². The smallest absolute Gasteiger partial charge is 0.223 e. The van der Waals surface area contributed by atoms with Crippen LogP contribution in [0, 0.1) is 23.7 Å². The molecule has 4 unspecified atom stereocenters. The summed E-state index contributed by atoms with van der Waals surface area (Å²) in [6.07, 6.45) is 9.23. The van der Waals surface area contributed by atoms with Gasteiger partial charge in [-0.3, -0.25) is 4.79 Å². The van der Waals surface area contributed by atoms with Crippen molar-refractivity contribution in [3.63, 3.8) is 0 Å². The van der Waals surface area contributed by atoms with Crippen LogP contribution < -0.4 is 5.32 Å². The van der Waals surface area contributed by atoms with Crippen LogP contribution in [0.15, 0.2) is 0 Å². The van der Waals surface area contributed by atoms with Crippen molar-refractivity contribution in [2.75, 3.05) is 0 Å². The average molecular weight is 221 g/mol. The van der Waals surface area contributed by atoms with E-state index in [9.17, 15) is 4.79 Å². The Bertz CT molecular complexity index is 284. The van der Waals surface area contributed by atoms with Crippen molar-refractivity contribution in [3.8, 4) is 0 Å². The molecule has 0 aromatic heterocycles. The quantitative estimate of drug-likeness (QED) is 0.780. The number of hydrogen-bond acceptors (Lipinski definition) is 1. The number of hydrogen-bond donors (Lipinski definition) is 1. The van der Waals surface area contributed by atoms with Gasteiger partial charge in [0, 0.05) is 12.0 Å². The van der Waals surface area contributed by atoms with Crippen LogP contribution in [0.25, 0.3) is 0 Å². The Hall–Kier alpha value is -0.530. The van der Waals surface area contributed by atoms with E-state index < -0.39 is 0 Å². The molecule has 3 saturated carbocycles. The molecule has 3 aliphatic rings. The topological polar surface area (TPSA) is 29.1 Å². The van der Waals surface area contributed by atoms with Gasteiger partial charge in [-0.25, -0.2) is 0 Å². The molecule has 90 valence electrons. The van der Waals surface area contributed by atoms with Crippen molar-refractivity contribution < 1.29 is 4.79 Å². The minimum Gasteiger partial charge on any atom is -0.353 e. The van der Waals surface area contributed by atoms with Crippen LogP contribution in [0.5, 0.6) is 0 Å². The zero-order chi connectivity index (χ0) is 11.1.